The van der Waals surface area contributed by atoms with Gasteiger partial charge in [0, 0.05) is 44.9 Å². The molecule has 0 saturated carbocycles. The van der Waals surface area contributed by atoms with Crippen molar-refractivity contribution in [1.82, 2.24) is 10.2 Å². The fourth-order valence-electron chi connectivity index (χ4n) is 3.28. The number of nitro groups is 1. The quantitative estimate of drug-likeness (QED) is 0.337. The number of nitrogens with zero attached hydrogens (tertiary/aromatic N) is 4. The molecule has 1 heterocycles. The number of guanidine groups is 1. The second kappa shape index (κ2) is 9.77. The number of anilines is 1. The molecule has 0 radical (unpaired) electrons. The molecule has 0 unspecified atom stereocenters. The molecule has 1 fully saturated rings. The van der Waals surface area contributed by atoms with Crippen molar-refractivity contribution in [2.75, 3.05) is 37.6 Å². The number of non-ortho nitro benzene ring substituents is 1. The molecule has 154 valence electrons. The van der Waals surface area contributed by atoms with Crippen LogP contribution >= 0.6 is 0 Å². The Kier molecular flexibility index (Phi) is 6.89. The van der Waals surface area contributed by atoms with E-state index in [1.165, 1.54) is 12.1 Å². The molecule has 0 aromatic heterocycles. The number of hydrogen-bond acceptors (Lipinski definition) is 5. The van der Waals surface area contributed by atoms with Gasteiger partial charge < -0.3 is 20.2 Å². The van der Waals surface area contributed by atoms with E-state index < -0.39 is 4.92 Å². The van der Waals surface area contributed by atoms with Crippen molar-refractivity contribution in [3.8, 4) is 5.75 Å². The molecule has 0 atom stereocenters. The minimum Gasteiger partial charge on any atom is -0.506 e. The standard InChI is InChI=1S/C21H27N5O3/c1-2-11-22-21(23-16-17-7-9-18(10-8-17)26(28)29)25-14-12-24(13-15-25)19-5-3-4-6-20(19)27/h3-10,27H,2,11-16H2,1H3,(H,22,23). The topological polar surface area (TPSA) is 94.2 Å². The SMILES string of the molecule is CCCNC(=NCc1ccc([N+](=O)[O-])cc1)N1CCN(c2ccccc2O)CC1. The van der Waals surface area contributed by atoms with Crippen LogP contribution in [0.5, 0.6) is 5.75 Å². The van der Waals surface area contributed by atoms with Crippen LogP contribution in [0.3, 0.4) is 0 Å². The van der Waals surface area contributed by atoms with Gasteiger partial charge in [-0.15, -0.1) is 0 Å². The maximum absolute atomic E-state index is 10.8. The van der Waals surface area contributed by atoms with E-state index in [4.69, 9.17) is 4.99 Å². The summed E-state index contributed by atoms with van der Waals surface area (Å²) >= 11 is 0. The Labute approximate surface area is 170 Å². The van der Waals surface area contributed by atoms with Crippen molar-refractivity contribution in [1.29, 1.82) is 0 Å². The van der Waals surface area contributed by atoms with Crippen molar-refractivity contribution in [3.63, 3.8) is 0 Å². The molecule has 0 spiro atoms. The minimum absolute atomic E-state index is 0.0855. The van der Waals surface area contributed by atoms with Gasteiger partial charge in [0.15, 0.2) is 5.96 Å². The number of nitro benzene ring substituents is 1. The van der Waals surface area contributed by atoms with Gasteiger partial charge in [-0.05, 0) is 24.1 Å². The Morgan fingerprint density at radius 1 is 1.14 bits per heavy atom. The molecule has 0 amide bonds. The molecule has 0 bridgehead atoms. The Hall–Kier alpha value is -3.29. The van der Waals surface area contributed by atoms with Crippen molar-refractivity contribution >= 4 is 17.3 Å². The van der Waals surface area contributed by atoms with Crippen LogP contribution in [0.25, 0.3) is 0 Å². The average molecular weight is 397 g/mol. The number of phenols is 1. The van der Waals surface area contributed by atoms with E-state index in [9.17, 15) is 15.2 Å². The van der Waals surface area contributed by atoms with Crippen LogP contribution in [0.4, 0.5) is 11.4 Å². The van der Waals surface area contributed by atoms with E-state index in [0.717, 1.165) is 56.4 Å². The van der Waals surface area contributed by atoms with Crippen molar-refractivity contribution < 1.29 is 10.0 Å². The summed E-state index contributed by atoms with van der Waals surface area (Å²) in [6.07, 6.45) is 0.994. The first kappa shape index (κ1) is 20.4. The van der Waals surface area contributed by atoms with E-state index in [1.54, 1.807) is 18.2 Å². The first-order valence-corrected chi connectivity index (χ1v) is 9.88. The Balaban J connectivity index is 1.65. The van der Waals surface area contributed by atoms with Gasteiger partial charge >= 0.3 is 0 Å². The fourth-order valence-corrected chi connectivity index (χ4v) is 3.28. The first-order valence-electron chi connectivity index (χ1n) is 9.88. The lowest BCUT2D eigenvalue weighted by Crippen LogP contribution is -2.52. The average Bonchev–Trinajstić information content (AvgIpc) is 2.75. The van der Waals surface area contributed by atoms with E-state index in [-0.39, 0.29) is 5.69 Å². The third-order valence-electron chi connectivity index (χ3n) is 4.89. The number of rotatable bonds is 6. The van der Waals surface area contributed by atoms with E-state index in [1.807, 2.05) is 18.2 Å². The maximum atomic E-state index is 10.8. The molecular weight excluding hydrogens is 370 g/mol. The van der Waals surface area contributed by atoms with Crippen LogP contribution in [0.1, 0.15) is 18.9 Å². The molecule has 3 rings (SSSR count). The predicted octanol–water partition coefficient (Wildman–Crippen LogP) is 2.98. The van der Waals surface area contributed by atoms with Gasteiger partial charge in [-0.1, -0.05) is 31.2 Å². The number of aliphatic imine (C=N–C) groups is 1. The maximum Gasteiger partial charge on any atom is 0.269 e. The molecule has 2 aromatic rings. The summed E-state index contributed by atoms with van der Waals surface area (Å²) in [5.74, 6) is 1.15. The Morgan fingerprint density at radius 2 is 1.83 bits per heavy atom. The lowest BCUT2D eigenvalue weighted by atomic mass is 10.2. The van der Waals surface area contributed by atoms with E-state index in [0.29, 0.717) is 12.3 Å². The highest BCUT2D eigenvalue weighted by molar-refractivity contribution is 5.80. The van der Waals surface area contributed by atoms with Gasteiger partial charge in [0.2, 0.25) is 0 Å². The zero-order valence-electron chi connectivity index (χ0n) is 16.6. The lowest BCUT2D eigenvalue weighted by Gasteiger charge is -2.38. The van der Waals surface area contributed by atoms with Crippen molar-refractivity contribution in [3.05, 3.63) is 64.2 Å². The summed E-state index contributed by atoms with van der Waals surface area (Å²) < 4.78 is 0. The highest BCUT2D eigenvalue weighted by Gasteiger charge is 2.21. The molecule has 1 aliphatic heterocycles. The van der Waals surface area contributed by atoms with Crippen LogP contribution in [0, 0.1) is 10.1 Å². The molecule has 2 N–H and O–H groups in total. The van der Waals surface area contributed by atoms with Gasteiger partial charge in [-0.3, -0.25) is 10.1 Å². The zero-order chi connectivity index (χ0) is 20.6. The van der Waals surface area contributed by atoms with Crippen LogP contribution in [-0.4, -0.2) is 53.6 Å². The number of aromatic hydroxyl groups is 1. The molecule has 1 saturated heterocycles. The van der Waals surface area contributed by atoms with Gasteiger partial charge in [-0.25, -0.2) is 4.99 Å². The lowest BCUT2D eigenvalue weighted by molar-refractivity contribution is -0.384. The molecule has 8 nitrogen and oxygen atoms in total. The smallest absolute Gasteiger partial charge is 0.269 e. The Bertz CT molecular complexity index is 846. The summed E-state index contributed by atoms with van der Waals surface area (Å²) in [5, 5.41) is 24.3. The van der Waals surface area contributed by atoms with Crippen LogP contribution < -0.4 is 10.2 Å². The summed E-state index contributed by atoms with van der Waals surface area (Å²) in [7, 11) is 0. The zero-order valence-corrected chi connectivity index (χ0v) is 16.6. The largest absolute Gasteiger partial charge is 0.506 e. The minimum atomic E-state index is -0.398. The number of piperazine rings is 1. The van der Waals surface area contributed by atoms with Crippen LogP contribution in [-0.2, 0) is 6.54 Å². The third kappa shape index (κ3) is 5.37. The normalized spacial score (nSPS) is 14.7. The van der Waals surface area contributed by atoms with Gasteiger partial charge in [0.1, 0.15) is 5.75 Å². The third-order valence-corrected chi connectivity index (χ3v) is 4.89. The number of benzene rings is 2. The Morgan fingerprint density at radius 3 is 2.45 bits per heavy atom. The summed E-state index contributed by atoms with van der Waals surface area (Å²) in [5.41, 5.74) is 1.87. The first-order chi connectivity index (χ1) is 14.1. The molecule has 0 aliphatic carbocycles. The number of nitrogens with one attached hydrogen (secondary N) is 1. The van der Waals surface area contributed by atoms with E-state index >= 15 is 0 Å². The van der Waals surface area contributed by atoms with Crippen LogP contribution in [0.2, 0.25) is 0 Å². The molecule has 8 heteroatoms. The summed E-state index contributed by atoms with van der Waals surface area (Å²) in [6.45, 7) is 6.58. The highest BCUT2D eigenvalue weighted by Crippen LogP contribution is 2.27. The molecule has 2 aromatic carbocycles. The number of para-hydroxylation sites is 2. The van der Waals surface area contributed by atoms with E-state index in [2.05, 4.69) is 22.0 Å². The highest BCUT2D eigenvalue weighted by atomic mass is 16.6. The van der Waals surface area contributed by atoms with Crippen LogP contribution in [0.15, 0.2) is 53.5 Å². The molecule has 29 heavy (non-hydrogen) atoms. The number of hydrogen-bond donors (Lipinski definition) is 2. The van der Waals surface area contributed by atoms with Gasteiger partial charge in [-0.2, -0.15) is 0 Å². The molecule has 1 aliphatic rings. The monoisotopic (exact) mass is 397 g/mol. The number of phenolic OH excluding ortho intramolecular Hbond substituents is 1. The van der Waals surface area contributed by atoms with Gasteiger partial charge in [0.25, 0.3) is 5.69 Å². The summed E-state index contributed by atoms with van der Waals surface area (Å²) in [6, 6.07) is 13.9. The van der Waals surface area contributed by atoms with Gasteiger partial charge in [0.05, 0.1) is 17.2 Å². The fraction of sp³-hybridized carbons (Fsp3) is 0.381. The summed E-state index contributed by atoms with van der Waals surface area (Å²) in [4.78, 5) is 19.5. The molecular formula is C21H27N5O3. The van der Waals surface area contributed by atoms with Crippen molar-refractivity contribution in [2.24, 2.45) is 4.99 Å². The van der Waals surface area contributed by atoms with Crippen molar-refractivity contribution in [2.45, 2.75) is 19.9 Å². The second-order valence-electron chi connectivity index (χ2n) is 6.95. The predicted molar refractivity (Wildman–Crippen MR) is 114 cm³/mol. The second-order valence-corrected chi connectivity index (χ2v) is 6.95.